The Morgan fingerprint density at radius 3 is 2.72 bits per heavy atom. The second-order valence-corrected chi connectivity index (χ2v) is 8.96. The van der Waals surface area contributed by atoms with Gasteiger partial charge in [-0.25, -0.2) is 4.98 Å². The molecule has 0 saturated heterocycles. The van der Waals surface area contributed by atoms with Gasteiger partial charge in [0.1, 0.15) is 11.4 Å². The van der Waals surface area contributed by atoms with E-state index in [-0.39, 0.29) is 18.0 Å². The van der Waals surface area contributed by atoms with Crippen molar-refractivity contribution in [2.24, 2.45) is 0 Å². The molecule has 2 aromatic carbocycles. The van der Waals surface area contributed by atoms with Crippen LogP contribution in [-0.4, -0.2) is 15.5 Å². The Morgan fingerprint density at radius 1 is 1.24 bits per heavy atom. The summed E-state index contributed by atoms with van der Waals surface area (Å²) < 4.78 is 2.14. The van der Waals surface area contributed by atoms with Crippen LogP contribution in [0.5, 0.6) is 0 Å². The maximum Gasteiger partial charge on any atom is 0.263 e. The van der Waals surface area contributed by atoms with E-state index < -0.39 is 0 Å². The molecular weight excluding hydrogens is 474 g/mol. The normalized spacial score (nSPS) is 11.0. The van der Waals surface area contributed by atoms with Crippen molar-refractivity contribution in [2.75, 3.05) is 5.32 Å². The molecule has 29 heavy (non-hydrogen) atoms. The van der Waals surface area contributed by atoms with Gasteiger partial charge in [-0.1, -0.05) is 57.9 Å². The maximum atomic E-state index is 13.2. The minimum Gasteiger partial charge on any atom is -0.323 e. The molecule has 1 N–H and O–H groups in total. The van der Waals surface area contributed by atoms with E-state index in [1.54, 1.807) is 18.2 Å². The van der Waals surface area contributed by atoms with Gasteiger partial charge in [0.2, 0.25) is 5.91 Å². The second kappa shape index (κ2) is 8.10. The Morgan fingerprint density at radius 2 is 2.00 bits per heavy atom. The summed E-state index contributed by atoms with van der Waals surface area (Å²) in [6.07, 6.45) is 1.41. The number of rotatable bonds is 4. The highest BCUT2D eigenvalue weighted by Crippen LogP contribution is 2.35. The van der Waals surface area contributed by atoms with E-state index in [9.17, 15) is 9.59 Å². The number of amides is 1. The SMILES string of the molecule is Cc1sc2ncn(CC(=O)Nc3ccc(Br)cc3Cl)c(=O)c2c1-c1ccccc1. The predicted molar refractivity (Wildman–Crippen MR) is 122 cm³/mol. The summed E-state index contributed by atoms with van der Waals surface area (Å²) in [7, 11) is 0. The minimum atomic E-state index is -0.356. The van der Waals surface area contributed by atoms with Crippen LogP contribution in [0.15, 0.2) is 64.1 Å². The third kappa shape index (κ3) is 3.99. The number of anilines is 1. The van der Waals surface area contributed by atoms with Crippen molar-refractivity contribution >= 4 is 60.7 Å². The van der Waals surface area contributed by atoms with Gasteiger partial charge in [-0.05, 0) is 30.7 Å². The number of aryl methyl sites for hydroxylation is 1. The highest BCUT2D eigenvalue weighted by Gasteiger charge is 2.18. The first kappa shape index (κ1) is 19.8. The van der Waals surface area contributed by atoms with Crippen molar-refractivity contribution in [2.45, 2.75) is 13.5 Å². The second-order valence-electron chi connectivity index (χ2n) is 6.43. The number of carbonyl (C=O) groups is 1. The van der Waals surface area contributed by atoms with Crippen LogP contribution in [0.1, 0.15) is 4.88 Å². The molecule has 4 aromatic rings. The molecule has 0 fully saturated rings. The molecule has 4 rings (SSSR count). The average Bonchev–Trinajstić information content (AvgIpc) is 3.04. The third-order valence-electron chi connectivity index (χ3n) is 4.44. The number of halogens is 2. The van der Waals surface area contributed by atoms with Crippen LogP contribution in [0.25, 0.3) is 21.3 Å². The molecule has 0 radical (unpaired) electrons. The summed E-state index contributed by atoms with van der Waals surface area (Å²) in [5, 5.41) is 3.68. The number of thiophene rings is 1. The summed E-state index contributed by atoms with van der Waals surface area (Å²) >= 11 is 11.0. The highest BCUT2D eigenvalue weighted by molar-refractivity contribution is 9.10. The Bertz CT molecular complexity index is 1280. The Hall–Kier alpha value is -2.48. The fraction of sp³-hybridized carbons (Fsp3) is 0.0952. The van der Waals surface area contributed by atoms with Crippen molar-refractivity contribution in [3.8, 4) is 11.1 Å². The first-order valence-electron chi connectivity index (χ1n) is 8.73. The van der Waals surface area contributed by atoms with E-state index in [1.165, 1.54) is 22.2 Å². The zero-order valence-electron chi connectivity index (χ0n) is 15.3. The molecule has 2 heterocycles. The molecule has 1 amide bonds. The van der Waals surface area contributed by atoms with Crippen LogP contribution in [0, 0.1) is 6.92 Å². The molecule has 2 aromatic heterocycles. The molecule has 0 atom stereocenters. The molecule has 0 aliphatic carbocycles. The zero-order valence-corrected chi connectivity index (χ0v) is 18.4. The predicted octanol–water partition coefficient (Wildman–Crippen LogP) is 5.49. The van der Waals surface area contributed by atoms with Crippen molar-refractivity contribution in [3.05, 3.63) is 79.6 Å². The number of hydrogen-bond acceptors (Lipinski definition) is 4. The Balaban J connectivity index is 1.69. The Kier molecular flexibility index (Phi) is 5.54. The van der Waals surface area contributed by atoms with E-state index in [2.05, 4.69) is 26.2 Å². The van der Waals surface area contributed by atoms with Crippen LogP contribution in [0.2, 0.25) is 5.02 Å². The lowest BCUT2D eigenvalue weighted by atomic mass is 10.0. The molecule has 0 spiro atoms. The van der Waals surface area contributed by atoms with Crippen LogP contribution in [-0.2, 0) is 11.3 Å². The Labute approximate surface area is 184 Å². The van der Waals surface area contributed by atoms with Gasteiger partial charge in [0.25, 0.3) is 5.56 Å². The lowest BCUT2D eigenvalue weighted by Gasteiger charge is -2.09. The van der Waals surface area contributed by atoms with Gasteiger partial charge in [0.15, 0.2) is 0 Å². The summed E-state index contributed by atoms with van der Waals surface area (Å²) in [4.78, 5) is 31.7. The minimum absolute atomic E-state index is 0.155. The fourth-order valence-corrected chi connectivity index (χ4v) is 4.86. The number of hydrogen-bond donors (Lipinski definition) is 1. The maximum absolute atomic E-state index is 13.2. The first-order chi connectivity index (χ1) is 13.9. The average molecular weight is 489 g/mol. The molecule has 5 nitrogen and oxygen atoms in total. The van der Waals surface area contributed by atoms with Crippen LogP contribution >= 0.6 is 38.9 Å². The molecule has 8 heteroatoms. The number of fused-ring (bicyclic) bond motifs is 1. The van der Waals surface area contributed by atoms with Crippen molar-refractivity contribution in [3.63, 3.8) is 0 Å². The largest absolute Gasteiger partial charge is 0.323 e. The van der Waals surface area contributed by atoms with Gasteiger partial charge >= 0.3 is 0 Å². The van der Waals surface area contributed by atoms with E-state index in [4.69, 9.17) is 11.6 Å². The van der Waals surface area contributed by atoms with Gasteiger partial charge in [0.05, 0.1) is 22.4 Å². The number of nitrogens with zero attached hydrogens (tertiary/aromatic N) is 2. The summed E-state index contributed by atoms with van der Waals surface area (Å²) in [5.41, 5.74) is 2.07. The van der Waals surface area contributed by atoms with Crippen molar-refractivity contribution < 1.29 is 4.79 Å². The van der Waals surface area contributed by atoms with Crippen molar-refractivity contribution in [1.29, 1.82) is 0 Å². The fourth-order valence-electron chi connectivity index (χ4n) is 3.14. The summed E-state index contributed by atoms with van der Waals surface area (Å²) in [6, 6.07) is 14.9. The van der Waals surface area contributed by atoms with Gasteiger partial charge in [-0.2, -0.15) is 0 Å². The monoisotopic (exact) mass is 487 g/mol. The molecule has 0 unspecified atom stereocenters. The first-order valence-corrected chi connectivity index (χ1v) is 10.7. The smallest absolute Gasteiger partial charge is 0.263 e. The van der Waals surface area contributed by atoms with E-state index in [0.717, 1.165) is 20.5 Å². The van der Waals surface area contributed by atoms with E-state index in [1.807, 2.05) is 37.3 Å². The lowest BCUT2D eigenvalue weighted by Crippen LogP contribution is -2.27. The van der Waals surface area contributed by atoms with Crippen LogP contribution in [0.3, 0.4) is 0 Å². The summed E-state index contributed by atoms with van der Waals surface area (Å²) in [6.45, 7) is 1.82. The number of nitrogens with one attached hydrogen (secondary N) is 1. The topological polar surface area (TPSA) is 64.0 Å². The molecule has 0 aliphatic rings. The number of benzene rings is 2. The van der Waals surface area contributed by atoms with Crippen molar-refractivity contribution in [1.82, 2.24) is 9.55 Å². The van der Waals surface area contributed by atoms with E-state index in [0.29, 0.717) is 20.9 Å². The van der Waals surface area contributed by atoms with E-state index >= 15 is 0 Å². The zero-order chi connectivity index (χ0) is 20.5. The van der Waals surface area contributed by atoms with Gasteiger partial charge < -0.3 is 5.32 Å². The van der Waals surface area contributed by atoms with Gasteiger partial charge in [-0.3, -0.25) is 14.2 Å². The quantitative estimate of drug-likeness (QED) is 0.413. The molecule has 0 aliphatic heterocycles. The molecule has 0 bridgehead atoms. The van der Waals surface area contributed by atoms with Crippen LogP contribution in [0.4, 0.5) is 5.69 Å². The molecule has 0 saturated carbocycles. The van der Waals surface area contributed by atoms with Crippen LogP contribution < -0.4 is 10.9 Å². The van der Waals surface area contributed by atoms with Gasteiger partial charge in [-0.15, -0.1) is 11.3 Å². The van der Waals surface area contributed by atoms with Gasteiger partial charge in [0, 0.05) is 14.9 Å². The highest BCUT2D eigenvalue weighted by atomic mass is 79.9. The third-order valence-corrected chi connectivity index (χ3v) is 6.26. The lowest BCUT2D eigenvalue weighted by molar-refractivity contribution is -0.116. The standard InChI is InChI=1S/C21H15BrClN3O2S/c1-12-18(13-5-3-2-4-6-13)19-20(29-12)24-11-26(21(19)28)10-17(27)25-16-8-7-14(22)9-15(16)23/h2-9,11H,10H2,1H3,(H,25,27). The number of aromatic nitrogens is 2. The molecular formula is C21H15BrClN3O2S. The molecule has 146 valence electrons. The summed E-state index contributed by atoms with van der Waals surface area (Å²) in [5.74, 6) is -0.356. The number of carbonyl (C=O) groups excluding carboxylic acids is 1.